The monoisotopic (exact) mass is 435 g/mol. The van der Waals surface area contributed by atoms with Crippen LogP contribution in [-0.2, 0) is 15.4 Å². The summed E-state index contributed by atoms with van der Waals surface area (Å²) < 4.78 is 30.1. The summed E-state index contributed by atoms with van der Waals surface area (Å²) >= 11 is 0. The summed E-state index contributed by atoms with van der Waals surface area (Å²) in [6.45, 7) is 1.94. The first-order valence-electron chi connectivity index (χ1n) is 10.8. The zero-order valence-electron chi connectivity index (χ0n) is 17.5. The highest BCUT2D eigenvalue weighted by Crippen LogP contribution is 2.52. The van der Waals surface area contributed by atoms with Crippen molar-refractivity contribution in [2.24, 2.45) is 5.73 Å². The molecule has 0 radical (unpaired) electrons. The molecule has 8 heteroatoms. The van der Waals surface area contributed by atoms with Gasteiger partial charge in [0.05, 0.1) is 15.9 Å². The molecule has 0 atom stereocenters. The average molecular weight is 436 g/mol. The fraction of sp³-hybridized carbons (Fsp3) is 0.391. The number of hydrogen-bond acceptors (Lipinski definition) is 5. The van der Waals surface area contributed by atoms with Crippen LogP contribution in [0.25, 0.3) is 16.7 Å². The quantitative estimate of drug-likeness (QED) is 0.531. The number of fused-ring (bicyclic) bond motifs is 6. The number of benzene rings is 1. The Hall–Kier alpha value is -2.71. The fourth-order valence-corrected chi connectivity index (χ4v) is 6.83. The Morgan fingerprint density at radius 1 is 0.871 bits per heavy atom. The number of nitrogens with two attached hydrogens (primary N) is 1. The molecule has 31 heavy (non-hydrogen) atoms. The van der Waals surface area contributed by atoms with Crippen LogP contribution in [0.15, 0.2) is 53.6 Å². The van der Waals surface area contributed by atoms with Gasteiger partial charge in [-0.2, -0.15) is 0 Å². The number of aryl methyl sites for hydroxylation is 1. The van der Waals surface area contributed by atoms with Crippen LogP contribution in [0.1, 0.15) is 49.9 Å². The van der Waals surface area contributed by atoms with E-state index in [2.05, 4.69) is 14.6 Å². The highest BCUT2D eigenvalue weighted by molar-refractivity contribution is 7.90. The standard InChI is InChI=1S/C23H25N5O2S/c1-16-2-4-17(5-3-16)31(29,30)27-15-8-19-18(27)6-7-20-25-26-21(28(19)20)22-9-12-23(24,13-10-22)14-11-22/h2-8,15H,9-14,24H2,1H3. The second-order valence-corrected chi connectivity index (χ2v) is 11.2. The number of rotatable bonds is 3. The molecule has 0 unspecified atom stereocenters. The van der Waals surface area contributed by atoms with E-state index in [0.717, 1.165) is 61.1 Å². The van der Waals surface area contributed by atoms with Crippen LogP contribution in [-0.4, -0.2) is 32.5 Å². The highest BCUT2D eigenvalue weighted by atomic mass is 32.2. The zero-order chi connectivity index (χ0) is 21.4. The van der Waals surface area contributed by atoms with Gasteiger partial charge >= 0.3 is 0 Å². The van der Waals surface area contributed by atoms with Crippen molar-refractivity contribution in [3.8, 4) is 0 Å². The van der Waals surface area contributed by atoms with E-state index in [0.29, 0.717) is 5.52 Å². The van der Waals surface area contributed by atoms with Crippen molar-refractivity contribution >= 4 is 26.7 Å². The lowest BCUT2D eigenvalue weighted by molar-refractivity contribution is 0.100. The van der Waals surface area contributed by atoms with E-state index in [1.165, 1.54) is 3.97 Å². The molecule has 3 aliphatic rings. The van der Waals surface area contributed by atoms with E-state index in [-0.39, 0.29) is 15.8 Å². The van der Waals surface area contributed by atoms with Crippen molar-refractivity contribution in [2.45, 2.75) is 61.3 Å². The van der Waals surface area contributed by atoms with Gasteiger partial charge in [0.1, 0.15) is 5.82 Å². The maximum atomic E-state index is 13.4. The molecule has 3 aliphatic carbocycles. The van der Waals surface area contributed by atoms with E-state index in [1.54, 1.807) is 18.3 Å². The third-order valence-corrected chi connectivity index (χ3v) is 9.25. The zero-order valence-corrected chi connectivity index (χ0v) is 18.3. The smallest absolute Gasteiger partial charge is 0.268 e. The minimum absolute atomic E-state index is 0.0248. The Morgan fingerprint density at radius 3 is 2.23 bits per heavy atom. The molecule has 3 saturated carbocycles. The molecule has 3 fully saturated rings. The first-order valence-corrected chi connectivity index (χ1v) is 12.2. The second kappa shape index (κ2) is 6.17. The molecule has 7 rings (SSSR count). The van der Waals surface area contributed by atoms with E-state index >= 15 is 0 Å². The lowest BCUT2D eigenvalue weighted by Gasteiger charge is -2.50. The van der Waals surface area contributed by atoms with Crippen LogP contribution in [0.2, 0.25) is 0 Å². The summed E-state index contributed by atoms with van der Waals surface area (Å²) in [7, 11) is -3.70. The fourth-order valence-electron chi connectivity index (χ4n) is 5.49. The van der Waals surface area contributed by atoms with Crippen molar-refractivity contribution in [1.29, 1.82) is 0 Å². The normalized spacial score (nSPS) is 26.1. The van der Waals surface area contributed by atoms with Crippen LogP contribution >= 0.6 is 0 Å². The molecule has 0 amide bonds. The molecule has 2 bridgehead atoms. The Bertz CT molecular complexity index is 1410. The van der Waals surface area contributed by atoms with Crippen LogP contribution in [0.4, 0.5) is 0 Å². The Kier molecular flexibility index (Phi) is 3.78. The van der Waals surface area contributed by atoms with Gasteiger partial charge in [-0.1, -0.05) is 17.7 Å². The van der Waals surface area contributed by atoms with Crippen LogP contribution in [0.5, 0.6) is 0 Å². The molecule has 0 saturated heterocycles. The molecular weight excluding hydrogens is 410 g/mol. The first-order chi connectivity index (χ1) is 14.8. The molecule has 3 heterocycles. The molecule has 4 aromatic rings. The topological polar surface area (TPSA) is 95.3 Å². The molecule has 7 nitrogen and oxygen atoms in total. The molecule has 1 aromatic carbocycles. The molecule has 2 N–H and O–H groups in total. The Morgan fingerprint density at radius 2 is 1.55 bits per heavy atom. The number of hydrogen-bond donors (Lipinski definition) is 1. The number of aromatic nitrogens is 4. The van der Waals surface area contributed by atoms with Crippen molar-refractivity contribution in [1.82, 2.24) is 18.6 Å². The summed E-state index contributed by atoms with van der Waals surface area (Å²) in [6.07, 6.45) is 7.64. The largest absolute Gasteiger partial charge is 0.325 e. The van der Waals surface area contributed by atoms with Crippen LogP contribution < -0.4 is 5.73 Å². The summed E-state index contributed by atoms with van der Waals surface area (Å²) in [4.78, 5) is 0.275. The predicted octanol–water partition coefficient (Wildman–Crippen LogP) is 3.53. The Balaban J connectivity index is 1.53. The summed E-state index contributed by atoms with van der Waals surface area (Å²) in [5.41, 5.74) is 9.67. The second-order valence-electron chi connectivity index (χ2n) is 9.39. The Labute approximate surface area is 180 Å². The highest BCUT2D eigenvalue weighted by Gasteiger charge is 2.50. The lowest BCUT2D eigenvalue weighted by Crippen LogP contribution is -2.54. The third kappa shape index (κ3) is 2.64. The van der Waals surface area contributed by atoms with Gasteiger partial charge in [-0.3, -0.25) is 4.40 Å². The van der Waals surface area contributed by atoms with E-state index < -0.39 is 10.0 Å². The van der Waals surface area contributed by atoms with Crippen molar-refractivity contribution in [3.63, 3.8) is 0 Å². The van der Waals surface area contributed by atoms with Gasteiger partial charge in [-0.05, 0) is 75.8 Å². The average Bonchev–Trinajstić information content (AvgIpc) is 3.39. The van der Waals surface area contributed by atoms with Crippen molar-refractivity contribution < 1.29 is 8.42 Å². The first kappa shape index (κ1) is 19.0. The molecular formula is C23H25N5O2S. The number of pyridine rings is 1. The minimum atomic E-state index is -3.70. The minimum Gasteiger partial charge on any atom is -0.325 e. The maximum Gasteiger partial charge on any atom is 0.268 e. The van der Waals surface area contributed by atoms with Gasteiger partial charge in [0.25, 0.3) is 10.0 Å². The van der Waals surface area contributed by atoms with Crippen molar-refractivity contribution in [3.05, 3.63) is 60.0 Å². The van der Waals surface area contributed by atoms with Gasteiger partial charge in [0.15, 0.2) is 5.65 Å². The maximum absolute atomic E-state index is 13.4. The van der Waals surface area contributed by atoms with Crippen molar-refractivity contribution in [2.75, 3.05) is 0 Å². The molecule has 160 valence electrons. The summed E-state index contributed by atoms with van der Waals surface area (Å²) in [5.74, 6) is 0.945. The van der Waals surface area contributed by atoms with E-state index in [9.17, 15) is 8.42 Å². The van der Waals surface area contributed by atoms with Gasteiger partial charge < -0.3 is 5.73 Å². The molecule has 3 aromatic heterocycles. The number of nitrogens with zero attached hydrogens (tertiary/aromatic N) is 4. The SMILES string of the molecule is Cc1ccc(S(=O)(=O)n2ccc3c2ccc2nnc(C45CCC(N)(CC4)CC5)n23)cc1. The van der Waals surface area contributed by atoms with Crippen LogP contribution in [0.3, 0.4) is 0 Å². The molecule has 0 spiro atoms. The van der Waals surface area contributed by atoms with E-state index in [4.69, 9.17) is 5.73 Å². The summed E-state index contributed by atoms with van der Waals surface area (Å²) in [5, 5.41) is 9.05. The van der Waals surface area contributed by atoms with Gasteiger partial charge in [0, 0.05) is 17.2 Å². The van der Waals surface area contributed by atoms with E-state index in [1.807, 2.05) is 37.3 Å². The third-order valence-electron chi connectivity index (χ3n) is 7.54. The predicted molar refractivity (Wildman–Crippen MR) is 119 cm³/mol. The lowest BCUT2D eigenvalue weighted by atomic mass is 9.57. The van der Waals surface area contributed by atoms with Gasteiger partial charge in [-0.15, -0.1) is 10.2 Å². The van der Waals surface area contributed by atoms with Gasteiger partial charge in [-0.25, -0.2) is 12.4 Å². The van der Waals surface area contributed by atoms with Gasteiger partial charge in [0.2, 0.25) is 0 Å². The molecule has 0 aliphatic heterocycles. The van der Waals surface area contributed by atoms with Crippen LogP contribution in [0, 0.1) is 6.92 Å². The summed E-state index contributed by atoms with van der Waals surface area (Å²) in [6, 6.07) is 12.5.